The van der Waals surface area contributed by atoms with Crippen molar-refractivity contribution in [3.63, 3.8) is 0 Å². The predicted octanol–water partition coefficient (Wildman–Crippen LogP) is 1.60. The lowest BCUT2D eigenvalue weighted by molar-refractivity contribution is -0.137. The molecule has 0 bridgehead atoms. The third-order valence-electron chi connectivity index (χ3n) is 1.34. The highest BCUT2D eigenvalue weighted by atomic mass is 127. The number of carbonyl (C=O) groups is 1. The van der Waals surface area contributed by atoms with Crippen LogP contribution in [0.4, 0.5) is 0 Å². The number of hydrogen-bond acceptors (Lipinski definition) is 2. The molecule has 0 amide bonds. The van der Waals surface area contributed by atoms with E-state index in [0.717, 1.165) is 25.7 Å². The van der Waals surface area contributed by atoms with Crippen LogP contribution in [0.1, 0.15) is 32.1 Å². The summed E-state index contributed by atoms with van der Waals surface area (Å²) in [5, 5.41) is 8.25. The van der Waals surface area contributed by atoms with Gasteiger partial charge < -0.3 is 10.8 Å². The topological polar surface area (TPSA) is 63.3 Å². The summed E-state index contributed by atoms with van der Waals surface area (Å²) in [7, 11) is 0. The number of aliphatic carboxylic acids is 1. The quantitative estimate of drug-likeness (QED) is 0.570. The van der Waals surface area contributed by atoms with E-state index in [1.807, 2.05) is 0 Å². The third kappa shape index (κ3) is 13.2. The van der Waals surface area contributed by atoms with Crippen molar-refractivity contribution >= 4 is 29.9 Å². The van der Waals surface area contributed by atoms with Crippen LogP contribution in [0.2, 0.25) is 0 Å². The molecule has 0 atom stereocenters. The minimum atomic E-state index is -0.701. The highest BCUT2D eigenvalue weighted by Crippen LogP contribution is 2.01. The Morgan fingerprint density at radius 3 is 2.18 bits per heavy atom. The fraction of sp³-hybridized carbons (Fsp3) is 0.857. The standard InChI is InChI=1S/C7H15NO2.HI/c8-6-4-2-1-3-5-7(9)10;/h1-6,8H2,(H,9,10);1H. The Labute approximate surface area is 84.4 Å². The average molecular weight is 273 g/mol. The summed E-state index contributed by atoms with van der Waals surface area (Å²) in [6, 6.07) is 0. The highest BCUT2D eigenvalue weighted by Gasteiger charge is 1.94. The van der Waals surface area contributed by atoms with Crippen LogP contribution in [0.3, 0.4) is 0 Å². The second-order valence-corrected chi connectivity index (χ2v) is 2.35. The zero-order chi connectivity index (χ0) is 7.82. The highest BCUT2D eigenvalue weighted by molar-refractivity contribution is 14.0. The molecule has 0 aliphatic heterocycles. The van der Waals surface area contributed by atoms with Gasteiger partial charge in [0.15, 0.2) is 0 Å². The van der Waals surface area contributed by atoms with Gasteiger partial charge in [0.05, 0.1) is 0 Å². The number of carboxylic acid groups (broad SMARTS) is 1. The Kier molecular flexibility index (Phi) is 12.7. The van der Waals surface area contributed by atoms with Gasteiger partial charge in [0.1, 0.15) is 0 Å². The van der Waals surface area contributed by atoms with Gasteiger partial charge in [-0.1, -0.05) is 12.8 Å². The lowest BCUT2D eigenvalue weighted by atomic mass is 10.1. The molecule has 0 aromatic rings. The largest absolute Gasteiger partial charge is 0.481 e. The van der Waals surface area contributed by atoms with Crippen LogP contribution < -0.4 is 5.73 Å². The normalized spacial score (nSPS) is 8.82. The van der Waals surface area contributed by atoms with E-state index >= 15 is 0 Å². The molecule has 0 aliphatic carbocycles. The zero-order valence-electron chi connectivity index (χ0n) is 6.58. The Balaban J connectivity index is 0. The monoisotopic (exact) mass is 273 g/mol. The minimum absolute atomic E-state index is 0. The number of hydrogen-bond donors (Lipinski definition) is 2. The van der Waals surface area contributed by atoms with Gasteiger partial charge in [0.25, 0.3) is 0 Å². The molecule has 0 aromatic carbocycles. The van der Waals surface area contributed by atoms with Gasteiger partial charge in [-0.15, -0.1) is 24.0 Å². The summed E-state index contributed by atoms with van der Waals surface area (Å²) in [6.07, 6.45) is 4.15. The molecule has 0 saturated carbocycles. The molecule has 68 valence electrons. The van der Waals surface area contributed by atoms with Crippen molar-refractivity contribution in [3.05, 3.63) is 0 Å². The van der Waals surface area contributed by atoms with Crippen LogP contribution in [0, 0.1) is 0 Å². The number of nitrogens with two attached hydrogens (primary N) is 1. The third-order valence-corrected chi connectivity index (χ3v) is 1.34. The van der Waals surface area contributed by atoms with Crippen LogP contribution in [-0.2, 0) is 4.79 Å². The molecule has 0 fully saturated rings. The molecule has 0 rings (SSSR count). The van der Waals surface area contributed by atoms with Crippen LogP contribution in [-0.4, -0.2) is 17.6 Å². The first kappa shape index (κ1) is 13.7. The molecule has 0 unspecified atom stereocenters. The maximum atomic E-state index is 10.0. The van der Waals surface area contributed by atoms with Crippen molar-refractivity contribution in [1.29, 1.82) is 0 Å². The van der Waals surface area contributed by atoms with Crippen LogP contribution in [0.15, 0.2) is 0 Å². The van der Waals surface area contributed by atoms with Crippen molar-refractivity contribution in [2.45, 2.75) is 32.1 Å². The van der Waals surface area contributed by atoms with Gasteiger partial charge in [-0.05, 0) is 19.4 Å². The summed E-state index contributed by atoms with van der Waals surface area (Å²) in [5.74, 6) is -0.701. The van der Waals surface area contributed by atoms with Gasteiger partial charge in [-0.2, -0.15) is 0 Å². The number of unbranched alkanes of at least 4 members (excludes halogenated alkanes) is 3. The summed E-state index contributed by atoms with van der Waals surface area (Å²) in [6.45, 7) is 0.715. The maximum Gasteiger partial charge on any atom is 0.303 e. The molecular weight excluding hydrogens is 257 g/mol. The number of carboxylic acids is 1. The first-order valence-electron chi connectivity index (χ1n) is 3.69. The van der Waals surface area contributed by atoms with E-state index in [0.29, 0.717) is 13.0 Å². The molecule has 0 saturated heterocycles. The Hall–Kier alpha value is 0.160. The first-order chi connectivity index (χ1) is 4.77. The number of halogens is 1. The van der Waals surface area contributed by atoms with Crippen molar-refractivity contribution in [2.75, 3.05) is 6.54 Å². The second kappa shape index (κ2) is 10.2. The minimum Gasteiger partial charge on any atom is -0.481 e. The Bertz CT molecular complexity index is 98.4. The van der Waals surface area contributed by atoms with E-state index in [4.69, 9.17) is 10.8 Å². The SMILES string of the molecule is I.NCCCCCCC(=O)O. The van der Waals surface area contributed by atoms with Crippen LogP contribution in [0.5, 0.6) is 0 Å². The van der Waals surface area contributed by atoms with Gasteiger partial charge in [-0.3, -0.25) is 4.79 Å². The van der Waals surface area contributed by atoms with E-state index in [-0.39, 0.29) is 24.0 Å². The molecule has 0 spiro atoms. The molecule has 0 heterocycles. The van der Waals surface area contributed by atoms with Crippen molar-refractivity contribution < 1.29 is 9.90 Å². The fourth-order valence-electron chi connectivity index (χ4n) is 0.774. The van der Waals surface area contributed by atoms with Gasteiger partial charge in [-0.25, -0.2) is 0 Å². The lowest BCUT2D eigenvalue weighted by Crippen LogP contribution is -1.98. The molecule has 4 heteroatoms. The van der Waals surface area contributed by atoms with E-state index in [9.17, 15) is 4.79 Å². The summed E-state index contributed by atoms with van der Waals surface area (Å²) in [5.41, 5.74) is 5.25. The van der Waals surface area contributed by atoms with Crippen LogP contribution >= 0.6 is 24.0 Å². The van der Waals surface area contributed by atoms with Crippen LogP contribution in [0.25, 0.3) is 0 Å². The first-order valence-corrected chi connectivity index (χ1v) is 3.69. The van der Waals surface area contributed by atoms with E-state index in [1.165, 1.54) is 0 Å². The summed E-state index contributed by atoms with van der Waals surface area (Å²) < 4.78 is 0. The zero-order valence-corrected chi connectivity index (χ0v) is 8.91. The summed E-state index contributed by atoms with van der Waals surface area (Å²) in [4.78, 5) is 10.0. The lowest BCUT2D eigenvalue weighted by Gasteiger charge is -1.95. The molecular formula is C7H16INO2. The molecule has 0 radical (unpaired) electrons. The van der Waals surface area contributed by atoms with E-state index in [2.05, 4.69) is 0 Å². The fourth-order valence-corrected chi connectivity index (χ4v) is 0.774. The molecule has 11 heavy (non-hydrogen) atoms. The van der Waals surface area contributed by atoms with Gasteiger partial charge >= 0.3 is 5.97 Å². The van der Waals surface area contributed by atoms with E-state index in [1.54, 1.807) is 0 Å². The average Bonchev–Trinajstić information content (AvgIpc) is 1.87. The molecule has 0 aromatic heterocycles. The summed E-state index contributed by atoms with van der Waals surface area (Å²) >= 11 is 0. The Morgan fingerprint density at radius 2 is 1.73 bits per heavy atom. The van der Waals surface area contributed by atoms with Crippen molar-refractivity contribution in [2.24, 2.45) is 5.73 Å². The van der Waals surface area contributed by atoms with Gasteiger partial charge in [0.2, 0.25) is 0 Å². The molecule has 3 N–H and O–H groups in total. The van der Waals surface area contributed by atoms with E-state index < -0.39 is 5.97 Å². The number of rotatable bonds is 6. The van der Waals surface area contributed by atoms with Crippen molar-refractivity contribution in [3.8, 4) is 0 Å². The second-order valence-electron chi connectivity index (χ2n) is 2.35. The van der Waals surface area contributed by atoms with Gasteiger partial charge in [0, 0.05) is 6.42 Å². The van der Waals surface area contributed by atoms with Crippen molar-refractivity contribution in [1.82, 2.24) is 0 Å². The maximum absolute atomic E-state index is 10.0. The predicted molar refractivity (Wildman–Crippen MR) is 55.2 cm³/mol. The smallest absolute Gasteiger partial charge is 0.303 e. The molecule has 3 nitrogen and oxygen atoms in total. The molecule has 0 aliphatic rings. The Morgan fingerprint density at radius 1 is 1.18 bits per heavy atom.